The Balaban J connectivity index is 1.82. The van der Waals surface area contributed by atoms with Gasteiger partial charge in [-0.1, -0.05) is 17.7 Å². The number of ether oxygens (including phenoxy) is 1. The van der Waals surface area contributed by atoms with Crippen LogP contribution in [0.25, 0.3) is 21.8 Å². The van der Waals surface area contributed by atoms with Crippen LogP contribution < -0.4 is 21.9 Å². The number of nitrogens with zero attached hydrogens (tertiary/aromatic N) is 2. The van der Waals surface area contributed by atoms with Crippen LogP contribution in [0.5, 0.6) is 5.75 Å². The summed E-state index contributed by atoms with van der Waals surface area (Å²) in [4.78, 5) is 7.30. The van der Waals surface area contributed by atoms with Crippen LogP contribution in [-0.4, -0.2) is 49.7 Å². The summed E-state index contributed by atoms with van der Waals surface area (Å²) in [5.74, 6) is 0.800. The van der Waals surface area contributed by atoms with E-state index in [1.165, 1.54) is 0 Å². The lowest BCUT2D eigenvalue weighted by Crippen LogP contribution is -2.29. The third-order valence-electron chi connectivity index (χ3n) is 5.95. The second-order valence-corrected chi connectivity index (χ2v) is 8.73. The highest BCUT2D eigenvalue weighted by atomic mass is 35.5. The Hall–Kier alpha value is -1.96. The van der Waals surface area contributed by atoms with Crippen molar-refractivity contribution in [3.63, 3.8) is 0 Å². The topological polar surface area (TPSA) is 103 Å². The number of hydrogen-bond donors (Lipinski definition) is 3. The minimum absolute atomic E-state index is 0.114. The molecule has 0 spiro atoms. The maximum Gasteiger partial charge on any atom is 0.119 e. The Morgan fingerprint density at radius 2 is 1.66 bits per heavy atom. The number of fused-ring (bicyclic) bond motifs is 2. The zero-order valence-electron chi connectivity index (χ0n) is 19.0. The summed E-state index contributed by atoms with van der Waals surface area (Å²) in [7, 11) is 1.68. The molecule has 1 heterocycles. The first kappa shape index (κ1) is 24.7. The van der Waals surface area contributed by atoms with Crippen molar-refractivity contribution in [2.75, 3.05) is 39.8 Å². The number of pyridine rings is 1. The molecule has 1 aromatic heterocycles. The number of hydrogen-bond acceptors (Lipinski definition) is 6. The molecule has 0 bridgehead atoms. The van der Waals surface area contributed by atoms with Gasteiger partial charge in [-0.15, -0.1) is 0 Å². The number of rotatable bonds is 13. The van der Waals surface area contributed by atoms with Crippen molar-refractivity contribution < 1.29 is 4.74 Å². The molecule has 6 N–H and O–H groups in total. The molecule has 0 aliphatic rings. The highest BCUT2D eigenvalue weighted by Crippen LogP contribution is 2.34. The summed E-state index contributed by atoms with van der Waals surface area (Å²) >= 11 is 6.25. The largest absolute Gasteiger partial charge is 0.497 e. The van der Waals surface area contributed by atoms with E-state index in [9.17, 15) is 0 Å². The zero-order valence-corrected chi connectivity index (χ0v) is 19.8. The van der Waals surface area contributed by atoms with Crippen LogP contribution >= 0.6 is 11.6 Å². The predicted octanol–water partition coefficient (Wildman–Crippen LogP) is 4.22. The predicted molar refractivity (Wildman–Crippen MR) is 135 cm³/mol. The molecular formula is C25H36ClN5O. The fraction of sp³-hybridized carbons (Fsp3) is 0.480. The molecule has 6 nitrogen and oxygen atoms in total. The van der Waals surface area contributed by atoms with E-state index in [1.54, 1.807) is 7.11 Å². The first-order chi connectivity index (χ1) is 15.6. The molecule has 7 heteroatoms. The Morgan fingerprint density at radius 1 is 0.906 bits per heavy atom. The number of aromatic nitrogens is 1. The van der Waals surface area contributed by atoms with Gasteiger partial charge in [-0.05, 0) is 101 Å². The Bertz CT molecular complexity index is 1010. The smallest absolute Gasteiger partial charge is 0.119 e. The zero-order chi connectivity index (χ0) is 22.9. The van der Waals surface area contributed by atoms with Crippen LogP contribution in [0.2, 0.25) is 5.02 Å². The molecule has 0 fully saturated rings. The number of unbranched alkanes of at least 4 members (excludes halogenated alkanes) is 1. The van der Waals surface area contributed by atoms with E-state index in [2.05, 4.69) is 4.90 Å². The lowest BCUT2D eigenvalue weighted by molar-refractivity contribution is 0.259. The van der Waals surface area contributed by atoms with Gasteiger partial charge < -0.3 is 26.8 Å². The van der Waals surface area contributed by atoms with Crippen molar-refractivity contribution in [1.82, 2.24) is 9.88 Å². The molecule has 2 aromatic carbocycles. The molecule has 0 aliphatic carbocycles. The van der Waals surface area contributed by atoms with Crippen molar-refractivity contribution >= 4 is 33.4 Å². The van der Waals surface area contributed by atoms with Gasteiger partial charge in [0.25, 0.3) is 0 Å². The molecular weight excluding hydrogens is 422 g/mol. The minimum atomic E-state index is -0.114. The lowest BCUT2D eigenvalue weighted by Gasteiger charge is -2.23. The summed E-state index contributed by atoms with van der Waals surface area (Å²) in [5.41, 5.74) is 21.1. The Kier molecular flexibility index (Phi) is 9.51. The van der Waals surface area contributed by atoms with Crippen LogP contribution in [0, 0.1) is 0 Å². The van der Waals surface area contributed by atoms with E-state index in [-0.39, 0.29) is 6.04 Å². The van der Waals surface area contributed by atoms with Crippen LogP contribution in [0.15, 0.2) is 36.4 Å². The van der Waals surface area contributed by atoms with Gasteiger partial charge in [0, 0.05) is 21.8 Å². The molecule has 1 unspecified atom stereocenters. The molecule has 0 radical (unpaired) electrons. The minimum Gasteiger partial charge on any atom is -0.497 e. The van der Waals surface area contributed by atoms with Crippen molar-refractivity contribution in [2.45, 2.75) is 38.1 Å². The Labute approximate surface area is 196 Å². The van der Waals surface area contributed by atoms with Crippen LogP contribution in [-0.2, 0) is 0 Å². The summed E-state index contributed by atoms with van der Waals surface area (Å²) in [6, 6.07) is 11.7. The molecule has 3 aromatic rings. The standard InChI is InChI=1S/C25H36ClN5O/c1-32-19-8-10-23-21(17-19)25(20-9-7-18(26)16-24(20)30-23)22(29)6-4-14-31(15-5-12-28)13-3-2-11-27/h7-10,16-17,22H,2-6,11-15,27-29H2,1H3. The fourth-order valence-corrected chi connectivity index (χ4v) is 4.43. The molecule has 0 amide bonds. The average molecular weight is 458 g/mol. The summed E-state index contributed by atoms with van der Waals surface area (Å²) in [5, 5.41) is 2.76. The SMILES string of the molecule is COc1ccc2nc3cc(Cl)ccc3c(C(N)CCCN(CCCN)CCCCN)c2c1. The number of halogens is 1. The highest BCUT2D eigenvalue weighted by molar-refractivity contribution is 6.31. The van der Waals surface area contributed by atoms with Gasteiger partial charge in [0.1, 0.15) is 5.75 Å². The maximum absolute atomic E-state index is 6.81. The average Bonchev–Trinajstić information content (AvgIpc) is 2.80. The quantitative estimate of drug-likeness (QED) is 0.262. The van der Waals surface area contributed by atoms with Gasteiger partial charge in [-0.25, -0.2) is 4.98 Å². The van der Waals surface area contributed by atoms with E-state index in [0.717, 1.165) is 91.4 Å². The normalized spacial score (nSPS) is 12.7. The molecule has 174 valence electrons. The lowest BCUT2D eigenvalue weighted by atomic mass is 9.94. The molecule has 3 rings (SSSR count). The summed E-state index contributed by atoms with van der Waals surface area (Å²) < 4.78 is 5.47. The first-order valence-electron chi connectivity index (χ1n) is 11.5. The van der Waals surface area contributed by atoms with E-state index in [4.69, 9.17) is 38.5 Å². The fourth-order valence-electron chi connectivity index (χ4n) is 4.26. The molecule has 0 saturated heterocycles. The van der Waals surface area contributed by atoms with Crippen molar-refractivity contribution in [3.8, 4) is 5.75 Å². The maximum atomic E-state index is 6.81. The third kappa shape index (κ3) is 6.30. The molecule has 32 heavy (non-hydrogen) atoms. The first-order valence-corrected chi connectivity index (χ1v) is 11.9. The monoisotopic (exact) mass is 457 g/mol. The second kappa shape index (κ2) is 12.3. The third-order valence-corrected chi connectivity index (χ3v) is 6.19. The van der Waals surface area contributed by atoms with E-state index in [1.807, 2.05) is 36.4 Å². The molecule has 0 saturated carbocycles. The van der Waals surface area contributed by atoms with Crippen molar-refractivity contribution in [2.24, 2.45) is 17.2 Å². The second-order valence-electron chi connectivity index (χ2n) is 8.30. The molecule has 0 aliphatic heterocycles. The number of methoxy groups -OCH3 is 1. The summed E-state index contributed by atoms with van der Waals surface area (Å²) in [6.07, 6.45) is 5.07. The van der Waals surface area contributed by atoms with Gasteiger partial charge in [-0.2, -0.15) is 0 Å². The van der Waals surface area contributed by atoms with Gasteiger partial charge >= 0.3 is 0 Å². The number of nitrogens with two attached hydrogens (primary N) is 3. The van der Waals surface area contributed by atoms with Gasteiger partial charge in [0.2, 0.25) is 0 Å². The van der Waals surface area contributed by atoms with Gasteiger partial charge in [0.05, 0.1) is 18.1 Å². The van der Waals surface area contributed by atoms with Crippen molar-refractivity contribution in [1.29, 1.82) is 0 Å². The Morgan fingerprint density at radius 3 is 2.41 bits per heavy atom. The van der Waals surface area contributed by atoms with Gasteiger partial charge in [-0.3, -0.25) is 0 Å². The van der Waals surface area contributed by atoms with E-state index < -0.39 is 0 Å². The van der Waals surface area contributed by atoms with Crippen LogP contribution in [0.1, 0.15) is 43.7 Å². The molecule has 1 atom stereocenters. The van der Waals surface area contributed by atoms with Crippen LogP contribution in [0.4, 0.5) is 0 Å². The van der Waals surface area contributed by atoms with Crippen LogP contribution in [0.3, 0.4) is 0 Å². The van der Waals surface area contributed by atoms with E-state index >= 15 is 0 Å². The van der Waals surface area contributed by atoms with Gasteiger partial charge in [0.15, 0.2) is 0 Å². The van der Waals surface area contributed by atoms with E-state index in [0.29, 0.717) is 11.6 Å². The number of benzene rings is 2. The van der Waals surface area contributed by atoms with Crippen molar-refractivity contribution in [3.05, 3.63) is 47.0 Å². The highest BCUT2D eigenvalue weighted by Gasteiger charge is 2.17. The summed E-state index contributed by atoms with van der Waals surface area (Å²) in [6.45, 7) is 4.54.